The first kappa shape index (κ1) is 14.0. The van der Waals surface area contributed by atoms with E-state index in [2.05, 4.69) is 64.3 Å². The topological polar surface area (TPSA) is 15.3 Å². The van der Waals surface area contributed by atoms with E-state index in [0.29, 0.717) is 5.54 Å². The van der Waals surface area contributed by atoms with E-state index in [9.17, 15) is 0 Å². The summed E-state index contributed by atoms with van der Waals surface area (Å²) in [7, 11) is 0. The summed E-state index contributed by atoms with van der Waals surface area (Å²) in [6.45, 7) is 9.27. The molecule has 0 saturated carbocycles. The molecule has 0 unspecified atom stereocenters. The molecule has 0 radical (unpaired) electrons. The Kier molecular flexibility index (Phi) is 4.82. The van der Waals surface area contributed by atoms with Crippen LogP contribution in [0.5, 0.6) is 0 Å². The quantitative estimate of drug-likeness (QED) is 0.919. The maximum Gasteiger partial charge on any atom is 0.0278 e. The zero-order valence-corrected chi connectivity index (χ0v) is 13.0. The first-order valence-electron chi connectivity index (χ1n) is 6.78. The molecule has 1 aliphatic heterocycles. The van der Waals surface area contributed by atoms with Gasteiger partial charge >= 0.3 is 0 Å². The van der Waals surface area contributed by atoms with Crippen LogP contribution in [0.15, 0.2) is 28.7 Å². The third kappa shape index (κ3) is 3.81. The summed E-state index contributed by atoms with van der Waals surface area (Å²) >= 11 is 3.48. The molecular weight excluding hydrogens is 288 g/mol. The second-order valence-electron chi connectivity index (χ2n) is 5.71. The van der Waals surface area contributed by atoms with Crippen LogP contribution >= 0.6 is 15.9 Å². The van der Waals surface area contributed by atoms with Gasteiger partial charge in [-0.3, -0.25) is 4.90 Å². The van der Waals surface area contributed by atoms with Gasteiger partial charge in [0.05, 0.1) is 0 Å². The first-order valence-corrected chi connectivity index (χ1v) is 7.57. The van der Waals surface area contributed by atoms with Crippen LogP contribution in [0.1, 0.15) is 25.8 Å². The van der Waals surface area contributed by atoms with Gasteiger partial charge in [-0.25, -0.2) is 0 Å². The van der Waals surface area contributed by atoms with Crippen molar-refractivity contribution in [1.29, 1.82) is 0 Å². The monoisotopic (exact) mass is 310 g/mol. The van der Waals surface area contributed by atoms with Crippen molar-refractivity contribution in [3.05, 3.63) is 34.3 Å². The van der Waals surface area contributed by atoms with Crippen LogP contribution in [0.3, 0.4) is 0 Å². The van der Waals surface area contributed by atoms with Gasteiger partial charge in [0, 0.05) is 29.6 Å². The molecule has 18 heavy (non-hydrogen) atoms. The third-order valence-electron chi connectivity index (χ3n) is 3.78. The fourth-order valence-corrected chi connectivity index (χ4v) is 2.83. The predicted octanol–water partition coefficient (Wildman–Crippen LogP) is 3.07. The molecule has 1 aromatic rings. The number of halogens is 1. The number of nitrogens with zero attached hydrogens (tertiary/aromatic N) is 1. The Morgan fingerprint density at radius 2 is 2.00 bits per heavy atom. The van der Waals surface area contributed by atoms with Gasteiger partial charge in [-0.05, 0) is 50.9 Å². The van der Waals surface area contributed by atoms with E-state index in [-0.39, 0.29) is 0 Å². The molecule has 100 valence electrons. The van der Waals surface area contributed by atoms with Crippen LogP contribution in [0.25, 0.3) is 0 Å². The van der Waals surface area contributed by atoms with Crippen molar-refractivity contribution >= 4 is 15.9 Å². The second kappa shape index (κ2) is 6.18. The molecule has 1 N–H and O–H groups in total. The molecule has 0 spiro atoms. The molecule has 1 saturated heterocycles. The first-order chi connectivity index (χ1) is 8.58. The predicted molar refractivity (Wildman–Crippen MR) is 81.0 cm³/mol. The van der Waals surface area contributed by atoms with E-state index < -0.39 is 0 Å². The second-order valence-corrected chi connectivity index (χ2v) is 6.62. The summed E-state index contributed by atoms with van der Waals surface area (Å²) in [5, 5.41) is 3.47. The van der Waals surface area contributed by atoms with Gasteiger partial charge in [-0.15, -0.1) is 0 Å². The van der Waals surface area contributed by atoms with E-state index in [1.165, 1.54) is 31.5 Å². The third-order valence-corrected chi connectivity index (χ3v) is 4.31. The summed E-state index contributed by atoms with van der Waals surface area (Å²) in [5.41, 5.74) is 1.74. The summed E-state index contributed by atoms with van der Waals surface area (Å²) in [4.78, 5) is 2.61. The fraction of sp³-hybridized carbons (Fsp3) is 0.600. The smallest absolute Gasteiger partial charge is 0.0278 e. The lowest BCUT2D eigenvalue weighted by Gasteiger charge is -2.43. The minimum Gasteiger partial charge on any atom is -0.314 e. The number of piperazine rings is 1. The van der Waals surface area contributed by atoms with Gasteiger partial charge in [0.2, 0.25) is 0 Å². The van der Waals surface area contributed by atoms with Crippen molar-refractivity contribution in [1.82, 2.24) is 10.2 Å². The Morgan fingerprint density at radius 1 is 1.28 bits per heavy atom. The average molecular weight is 311 g/mol. The number of benzene rings is 1. The zero-order valence-electron chi connectivity index (χ0n) is 11.4. The van der Waals surface area contributed by atoms with Crippen LogP contribution in [-0.2, 0) is 6.42 Å². The summed E-state index contributed by atoms with van der Waals surface area (Å²) in [5.74, 6) is 0. The minimum atomic E-state index is 0.304. The Balaban J connectivity index is 1.79. The molecule has 0 aromatic heterocycles. The van der Waals surface area contributed by atoms with Crippen molar-refractivity contribution < 1.29 is 0 Å². The molecule has 3 heteroatoms. The SMILES string of the molecule is CC1(C)CNCCN1CCCc1ccc(Br)cc1. The van der Waals surface area contributed by atoms with Crippen LogP contribution in [0.4, 0.5) is 0 Å². The van der Waals surface area contributed by atoms with Crippen molar-refractivity contribution in [2.75, 3.05) is 26.2 Å². The van der Waals surface area contributed by atoms with Gasteiger partial charge in [0.15, 0.2) is 0 Å². The van der Waals surface area contributed by atoms with Gasteiger partial charge in [0.25, 0.3) is 0 Å². The lowest BCUT2D eigenvalue weighted by Crippen LogP contribution is -2.58. The van der Waals surface area contributed by atoms with E-state index >= 15 is 0 Å². The molecule has 0 bridgehead atoms. The summed E-state index contributed by atoms with van der Waals surface area (Å²) in [6.07, 6.45) is 2.42. The Morgan fingerprint density at radius 3 is 2.67 bits per heavy atom. The van der Waals surface area contributed by atoms with Crippen molar-refractivity contribution in [2.24, 2.45) is 0 Å². The van der Waals surface area contributed by atoms with E-state index in [1.54, 1.807) is 0 Å². The number of hydrogen-bond acceptors (Lipinski definition) is 2. The summed E-state index contributed by atoms with van der Waals surface area (Å²) in [6, 6.07) is 8.69. The van der Waals surface area contributed by atoms with Crippen molar-refractivity contribution in [3.63, 3.8) is 0 Å². The maximum absolute atomic E-state index is 3.48. The van der Waals surface area contributed by atoms with Crippen LogP contribution in [0.2, 0.25) is 0 Å². The molecule has 1 aromatic carbocycles. The molecule has 1 heterocycles. The largest absolute Gasteiger partial charge is 0.314 e. The van der Waals surface area contributed by atoms with Gasteiger partial charge in [0.1, 0.15) is 0 Å². The maximum atomic E-state index is 3.48. The zero-order chi connectivity index (χ0) is 13.0. The van der Waals surface area contributed by atoms with Crippen LogP contribution in [-0.4, -0.2) is 36.6 Å². The fourth-order valence-electron chi connectivity index (χ4n) is 2.56. The summed E-state index contributed by atoms with van der Waals surface area (Å²) < 4.78 is 1.16. The molecule has 0 aliphatic carbocycles. The van der Waals surface area contributed by atoms with E-state index in [4.69, 9.17) is 0 Å². The standard InChI is InChI=1S/C15H23BrN2/c1-15(2)12-17-9-11-18(15)10-3-4-13-5-7-14(16)8-6-13/h5-8,17H,3-4,9-12H2,1-2H3. The highest BCUT2D eigenvalue weighted by molar-refractivity contribution is 9.10. The number of hydrogen-bond donors (Lipinski definition) is 1. The Hall–Kier alpha value is -0.380. The van der Waals surface area contributed by atoms with Gasteiger partial charge in [-0.2, -0.15) is 0 Å². The normalized spacial score (nSPS) is 19.9. The number of aryl methyl sites for hydroxylation is 1. The lowest BCUT2D eigenvalue weighted by atomic mass is 9.99. The molecule has 2 rings (SSSR count). The van der Waals surface area contributed by atoms with Gasteiger partial charge < -0.3 is 5.32 Å². The Bertz CT molecular complexity index is 373. The Labute approximate surface area is 119 Å². The number of nitrogens with one attached hydrogen (secondary N) is 1. The highest BCUT2D eigenvalue weighted by Crippen LogP contribution is 2.17. The molecule has 1 aliphatic rings. The highest BCUT2D eigenvalue weighted by Gasteiger charge is 2.28. The van der Waals surface area contributed by atoms with E-state index in [1.807, 2.05) is 0 Å². The van der Waals surface area contributed by atoms with Crippen molar-refractivity contribution in [2.45, 2.75) is 32.2 Å². The molecule has 2 nitrogen and oxygen atoms in total. The average Bonchev–Trinajstić information content (AvgIpc) is 2.33. The lowest BCUT2D eigenvalue weighted by molar-refractivity contribution is 0.0895. The molecular formula is C15H23BrN2. The number of rotatable bonds is 4. The van der Waals surface area contributed by atoms with E-state index in [0.717, 1.165) is 17.6 Å². The van der Waals surface area contributed by atoms with Gasteiger partial charge in [-0.1, -0.05) is 28.1 Å². The minimum absolute atomic E-state index is 0.304. The molecule has 0 atom stereocenters. The molecule has 1 fully saturated rings. The van der Waals surface area contributed by atoms with Crippen molar-refractivity contribution in [3.8, 4) is 0 Å². The van der Waals surface area contributed by atoms with Crippen LogP contribution in [0, 0.1) is 0 Å². The highest BCUT2D eigenvalue weighted by atomic mass is 79.9. The van der Waals surface area contributed by atoms with Crippen LogP contribution < -0.4 is 5.32 Å². The molecule has 0 amide bonds.